The van der Waals surface area contributed by atoms with Crippen LogP contribution in [0.4, 0.5) is 18.9 Å². The van der Waals surface area contributed by atoms with Crippen LogP contribution in [0.15, 0.2) is 47.6 Å². The molecule has 0 aliphatic carbocycles. The van der Waals surface area contributed by atoms with E-state index in [1.54, 1.807) is 29.8 Å². The number of benzene rings is 2. The highest BCUT2D eigenvalue weighted by Gasteiger charge is 2.31. The van der Waals surface area contributed by atoms with Gasteiger partial charge in [0.15, 0.2) is 11.0 Å². The predicted molar refractivity (Wildman–Crippen MR) is 119 cm³/mol. The third-order valence-corrected chi connectivity index (χ3v) is 5.86. The first-order chi connectivity index (χ1) is 15.5. The first-order valence-corrected chi connectivity index (χ1v) is 10.9. The Hall–Kier alpha value is -3.05. The van der Waals surface area contributed by atoms with Crippen LogP contribution < -0.4 is 10.6 Å². The minimum absolute atomic E-state index is 0.00774. The first kappa shape index (κ1) is 24.6. The monoisotopic (exact) mass is 497 g/mol. The third-order valence-electron chi connectivity index (χ3n) is 4.51. The molecule has 0 spiro atoms. The van der Waals surface area contributed by atoms with Crippen molar-refractivity contribution in [1.82, 2.24) is 20.1 Å². The molecule has 7 nitrogen and oxygen atoms in total. The summed E-state index contributed by atoms with van der Waals surface area (Å²) >= 11 is 6.94. The fraction of sp³-hybridized carbons (Fsp3) is 0.238. The number of nitrogens with one attached hydrogen (secondary N) is 2. The van der Waals surface area contributed by atoms with Gasteiger partial charge in [0, 0.05) is 12.6 Å². The SMILES string of the molecule is Cc1cccc(C(=O)NCc2nnc(SCC(=O)Nc3cc(C(F)(F)F)ccc3Cl)n2C)c1. The lowest BCUT2D eigenvalue weighted by atomic mass is 10.1. The second-order valence-corrected chi connectivity index (χ2v) is 8.39. The van der Waals surface area contributed by atoms with E-state index in [2.05, 4.69) is 20.8 Å². The van der Waals surface area contributed by atoms with E-state index in [4.69, 9.17) is 11.6 Å². The molecule has 0 saturated heterocycles. The molecule has 0 fully saturated rings. The van der Waals surface area contributed by atoms with E-state index >= 15 is 0 Å². The van der Waals surface area contributed by atoms with Crippen LogP contribution in [0, 0.1) is 6.92 Å². The molecule has 3 rings (SSSR count). The van der Waals surface area contributed by atoms with Crippen molar-refractivity contribution in [2.45, 2.75) is 24.8 Å². The average molecular weight is 498 g/mol. The number of rotatable bonds is 7. The minimum atomic E-state index is -4.55. The van der Waals surface area contributed by atoms with E-state index in [-0.39, 0.29) is 28.9 Å². The van der Waals surface area contributed by atoms with Crippen LogP contribution in [0.1, 0.15) is 27.3 Å². The molecular weight excluding hydrogens is 479 g/mol. The molecule has 2 N–H and O–H groups in total. The lowest BCUT2D eigenvalue weighted by Crippen LogP contribution is -2.24. The topological polar surface area (TPSA) is 88.9 Å². The smallest absolute Gasteiger partial charge is 0.345 e. The Morgan fingerprint density at radius 1 is 1.15 bits per heavy atom. The number of amides is 2. The van der Waals surface area contributed by atoms with Crippen molar-refractivity contribution >= 4 is 40.9 Å². The molecule has 0 unspecified atom stereocenters. The highest BCUT2D eigenvalue weighted by atomic mass is 35.5. The number of alkyl halides is 3. The Kier molecular flexibility index (Phi) is 7.65. The van der Waals surface area contributed by atoms with Gasteiger partial charge in [-0.15, -0.1) is 10.2 Å². The molecule has 2 amide bonds. The molecule has 0 saturated carbocycles. The van der Waals surface area contributed by atoms with Crippen LogP contribution in [0.3, 0.4) is 0 Å². The number of carbonyl (C=O) groups is 2. The summed E-state index contributed by atoms with van der Waals surface area (Å²) in [4.78, 5) is 24.5. The molecule has 3 aromatic rings. The summed E-state index contributed by atoms with van der Waals surface area (Å²) in [6.45, 7) is 2.02. The predicted octanol–water partition coefficient (Wildman–Crippen LogP) is 4.46. The Bertz CT molecular complexity index is 1180. The molecule has 2 aromatic carbocycles. The van der Waals surface area contributed by atoms with Gasteiger partial charge in [0.25, 0.3) is 5.91 Å². The van der Waals surface area contributed by atoms with Crippen molar-refractivity contribution < 1.29 is 22.8 Å². The highest BCUT2D eigenvalue weighted by Crippen LogP contribution is 2.34. The number of anilines is 1. The standard InChI is InChI=1S/C21H19ClF3N5O2S/c1-12-4-3-5-13(8-12)19(32)26-10-17-28-29-20(30(17)2)33-11-18(31)27-16-9-14(21(23,24)25)6-7-15(16)22/h3-9H,10-11H2,1-2H3,(H,26,32)(H,27,31). The number of aromatic nitrogens is 3. The number of thioether (sulfide) groups is 1. The van der Waals surface area contributed by atoms with Gasteiger partial charge in [-0.3, -0.25) is 9.59 Å². The summed E-state index contributed by atoms with van der Waals surface area (Å²) in [5.74, 6) is -0.472. The van der Waals surface area contributed by atoms with Crippen LogP contribution in [0.5, 0.6) is 0 Å². The summed E-state index contributed by atoms with van der Waals surface area (Å²) in [5, 5.41) is 13.5. The number of hydrogen-bond acceptors (Lipinski definition) is 5. The quantitative estimate of drug-likeness (QED) is 0.471. The largest absolute Gasteiger partial charge is 0.416 e. The van der Waals surface area contributed by atoms with E-state index in [1.165, 1.54) is 0 Å². The zero-order valence-corrected chi connectivity index (χ0v) is 19.1. The summed E-state index contributed by atoms with van der Waals surface area (Å²) in [6, 6.07) is 9.85. The zero-order chi connectivity index (χ0) is 24.2. The maximum atomic E-state index is 12.9. The minimum Gasteiger partial charge on any atom is -0.345 e. The van der Waals surface area contributed by atoms with Crippen LogP contribution in [0.2, 0.25) is 5.02 Å². The molecule has 0 atom stereocenters. The van der Waals surface area contributed by atoms with Gasteiger partial charge in [0.1, 0.15) is 0 Å². The Balaban J connectivity index is 1.56. The van der Waals surface area contributed by atoms with E-state index in [0.717, 1.165) is 35.5 Å². The fourth-order valence-corrected chi connectivity index (χ4v) is 3.68. The van der Waals surface area contributed by atoms with Crippen molar-refractivity contribution in [3.05, 3.63) is 70.0 Å². The van der Waals surface area contributed by atoms with Crippen LogP contribution in [-0.4, -0.2) is 32.3 Å². The molecule has 174 valence electrons. The second-order valence-electron chi connectivity index (χ2n) is 7.04. The van der Waals surface area contributed by atoms with Crippen molar-refractivity contribution in [3.63, 3.8) is 0 Å². The van der Waals surface area contributed by atoms with Gasteiger partial charge in [-0.25, -0.2) is 0 Å². The normalized spacial score (nSPS) is 11.3. The molecule has 1 aromatic heterocycles. The molecule has 0 bridgehead atoms. The van der Waals surface area contributed by atoms with Crippen molar-refractivity contribution in [3.8, 4) is 0 Å². The average Bonchev–Trinajstić information content (AvgIpc) is 3.10. The molecule has 0 aliphatic heterocycles. The Morgan fingerprint density at radius 3 is 2.61 bits per heavy atom. The van der Waals surface area contributed by atoms with E-state index in [1.807, 2.05) is 13.0 Å². The Morgan fingerprint density at radius 2 is 1.91 bits per heavy atom. The van der Waals surface area contributed by atoms with E-state index in [0.29, 0.717) is 16.5 Å². The van der Waals surface area contributed by atoms with Crippen LogP contribution >= 0.6 is 23.4 Å². The summed E-state index contributed by atoms with van der Waals surface area (Å²) < 4.78 is 40.2. The zero-order valence-electron chi connectivity index (χ0n) is 17.5. The maximum Gasteiger partial charge on any atom is 0.416 e. The number of halogens is 4. The van der Waals surface area contributed by atoms with Gasteiger partial charge in [0.05, 0.1) is 28.6 Å². The van der Waals surface area contributed by atoms with Crippen molar-refractivity contribution in [2.75, 3.05) is 11.1 Å². The summed E-state index contributed by atoms with van der Waals surface area (Å²) in [7, 11) is 1.68. The Labute approximate surface area is 196 Å². The van der Waals surface area contributed by atoms with Gasteiger partial charge in [0.2, 0.25) is 5.91 Å². The molecule has 0 aliphatic rings. The van der Waals surface area contributed by atoms with Crippen LogP contribution in [-0.2, 0) is 24.6 Å². The van der Waals surface area contributed by atoms with Gasteiger partial charge in [-0.2, -0.15) is 13.2 Å². The van der Waals surface area contributed by atoms with Crippen molar-refractivity contribution in [1.29, 1.82) is 0 Å². The number of carbonyl (C=O) groups excluding carboxylic acids is 2. The highest BCUT2D eigenvalue weighted by molar-refractivity contribution is 7.99. The number of hydrogen-bond donors (Lipinski definition) is 2. The van der Waals surface area contributed by atoms with Crippen molar-refractivity contribution in [2.24, 2.45) is 7.05 Å². The third kappa shape index (κ3) is 6.48. The van der Waals surface area contributed by atoms with E-state index in [9.17, 15) is 22.8 Å². The summed E-state index contributed by atoms with van der Waals surface area (Å²) in [5.41, 5.74) is 0.441. The number of nitrogens with zero attached hydrogens (tertiary/aromatic N) is 3. The lowest BCUT2D eigenvalue weighted by Gasteiger charge is -2.11. The van der Waals surface area contributed by atoms with Gasteiger partial charge < -0.3 is 15.2 Å². The molecule has 12 heteroatoms. The van der Waals surface area contributed by atoms with Gasteiger partial charge >= 0.3 is 6.18 Å². The maximum absolute atomic E-state index is 12.9. The molecule has 1 heterocycles. The molecular formula is C21H19ClF3N5O2S. The number of aryl methyl sites for hydroxylation is 1. The fourth-order valence-electron chi connectivity index (χ4n) is 2.79. The molecule has 0 radical (unpaired) electrons. The summed E-state index contributed by atoms with van der Waals surface area (Å²) in [6.07, 6.45) is -4.55. The molecule has 33 heavy (non-hydrogen) atoms. The first-order valence-electron chi connectivity index (χ1n) is 9.57. The van der Waals surface area contributed by atoms with Gasteiger partial charge in [-0.1, -0.05) is 41.1 Å². The second kappa shape index (κ2) is 10.3. The van der Waals surface area contributed by atoms with Crippen LogP contribution in [0.25, 0.3) is 0 Å². The lowest BCUT2D eigenvalue weighted by molar-refractivity contribution is -0.137. The van der Waals surface area contributed by atoms with Gasteiger partial charge in [-0.05, 0) is 37.3 Å². The van der Waals surface area contributed by atoms with E-state index < -0.39 is 17.6 Å².